The highest BCUT2D eigenvalue weighted by Crippen LogP contribution is 2.40. The average Bonchev–Trinajstić information content (AvgIpc) is 3.32. The van der Waals surface area contributed by atoms with Gasteiger partial charge in [0.25, 0.3) is 5.91 Å². The minimum Gasteiger partial charge on any atom is -0.496 e. The van der Waals surface area contributed by atoms with E-state index in [4.69, 9.17) is 22.1 Å². The minimum absolute atomic E-state index is 0.0384. The summed E-state index contributed by atoms with van der Waals surface area (Å²) in [6, 6.07) is 16.0. The third-order valence-electron chi connectivity index (χ3n) is 7.42. The van der Waals surface area contributed by atoms with Gasteiger partial charge >= 0.3 is 0 Å². The molecule has 0 radical (unpaired) electrons. The van der Waals surface area contributed by atoms with Crippen molar-refractivity contribution in [2.24, 2.45) is 5.73 Å². The van der Waals surface area contributed by atoms with Crippen LogP contribution < -0.4 is 10.5 Å². The molecular formula is C31H29ClF2N2O2S. The van der Waals surface area contributed by atoms with E-state index in [-0.39, 0.29) is 44.5 Å². The summed E-state index contributed by atoms with van der Waals surface area (Å²) in [7, 11) is 1.59. The average molecular weight is 567 g/mol. The molecule has 0 atom stereocenters. The predicted octanol–water partition coefficient (Wildman–Crippen LogP) is 8.06. The van der Waals surface area contributed by atoms with E-state index < -0.39 is 11.6 Å². The molecule has 3 aromatic carbocycles. The van der Waals surface area contributed by atoms with Crippen molar-refractivity contribution in [2.75, 3.05) is 7.11 Å². The highest BCUT2D eigenvalue weighted by atomic mass is 35.5. The van der Waals surface area contributed by atoms with E-state index >= 15 is 0 Å². The van der Waals surface area contributed by atoms with Gasteiger partial charge in [0.2, 0.25) is 0 Å². The van der Waals surface area contributed by atoms with Crippen LogP contribution in [0.15, 0.2) is 61.2 Å². The van der Waals surface area contributed by atoms with Gasteiger partial charge in [-0.15, -0.1) is 11.3 Å². The molecule has 0 unspecified atom stereocenters. The van der Waals surface area contributed by atoms with Gasteiger partial charge in [-0.1, -0.05) is 54.6 Å². The van der Waals surface area contributed by atoms with Crippen molar-refractivity contribution in [1.82, 2.24) is 4.90 Å². The van der Waals surface area contributed by atoms with Gasteiger partial charge in [0, 0.05) is 24.2 Å². The molecule has 0 aliphatic heterocycles. The second-order valence-corrected chi connectivity index (χ2v) is 11.2. The zero-order valence-electron chi connectivity index (χ0n) is 21.6. The first-order chi connectivity index (χ1) is 18.8. The van der Waals surface area contributed by atoms with Gasteiger partial charge in [-0.3, -0.25) is 4.79 Å². The van der Waals surface area contributed by atoms with Crippen molar-refractivity contribution >= 4 is 45.0 Å². The fourth-order valence-electron chi connectivity index (χ4n) is 5.22. The summed E-state index contributed by atoms with van der Waals surface area (Å²) in [6.07, 6.45) is 4.81. The Hall–Kier alpha value is -3.26. The number of thiophene rings is 1. The molecule has 1 amide bonds. The summed E-state index contributed by atoms with van der Waals surface area (Å²) in [4.78, 5) is 16.0. The fourth-order valence-corrected chi connectivity index (χ4v) is 6.73. The first-order valence-electron chi connectivity index (χ1n) is 12.8. The highest BCUT2D eigenvalue weighted by molar-refractivity contribution is 7.21. The lowest BCUT2D eigenvalue weighted by Gasteiger charge is -2.36. The molecule has 39 heavy (non-hydrogen) atoms. The Morgan fingerprint density at radius 2 is 1.74 bits per heavy atom. The van der Waals surface area contributed by atoms with Crippen LogP contribution in [0.1, 0.15) is 46.5 Å². The summed E-state index contributed by atoms with van der Waals surface area (Å²) in [6.45, 7) is 4.06. The third kappa shape index (κ3) is 5.44. The van der Waals surface area contributed by atoms with Crippen molar-refractivity contribution in [3.05, 3.63) is 93.8 Å². The maximum absolute atomic E-state index is 14.6. The van der Waals surface area contributed by atoms with Crippen LogP contribution in [0.4, 0.5) is 8.78 Å². The quantitative estimate of drug-likeness (QED) is 0.246. The Morgan fingerprint density at radius 3 is 2.38 bits per heavy atom. The van der Waals surface area contributed by atoms with Crippen LogP contribution in [-0.4, -0.2) is 30.0 Å². The Labute approximate surface area is 235 Å². The second-order valence-electron chi connectivity index (χ2n) is 9.83. The number of fused-ring (bicyclic) bond motifs is 1. The van der Waals surface area contributed by atoms with Gasteiger partial charge in [-0.25, -0.2) is 8.78 Å². The zero-order chi connectivity index (χ0) is 27.7. The number of rotatable bonds is 7. The molecule has 0 spiro atoms. The first kappa shape index (κ1) is 27.3. The molecule has 1 aromatic heterocycles. The monoisotopic (exact) mass is 566 g/mol. The van der Waals surface area contributed by atoms with Gasteiger partial charge in [-0.05, 0) is 66.6 Å². The van der Waals surface area contributed by atoms with Crippen LogP contribution in [0.5, 0.6) is 5.75 Å². The summed E-state index contributed by atoms with van der Waals surface area (Å²) < 4.78 is 34.9. The number of carbonyl (C=O) groups is 1. The molecule has 0 saturated heterocycles. The van der Waals surface area contributed by atoms with E-state index in [9.17, 15) is 13.6 Å². The number of methoxy groups -OCH3 is 1. The molecule has 2 N–H and O–H groups in total. The lowest BCUT2D eigenvalue weighted by Crippen LogP contribution is -2.43. The topological polar surface area (TPSA) is 55.6 Å². The molecule has 1 aliphatic rings. The fraction of sp³-hybridized carbons (Fsp3) is 0.258. The van der Waals surface area contributed by atoms with Crippen LogP contribution in [0.3, 0.4) is 0 Å². The number of amides is 1. The Morgan fingerprint density at radius 1 is 1.08 bits per heavy atom. The van der Waals surface area contributed by atoms with Crippen LogP contribution >= 0.6 is 22.9 Å². The van der Waals surface area contributed by atoms with Crippen molar-refractivity contribution in [3.8, 4) is 16.9 Å². The van der Waals surface area contributed by atoms with E-state index in [2.05, 4.69) is 6.58 Å². The third-order valence-corrected chi connectivity index (χ3v) is 9.10. The summed E-state index contributed by atoms with van der Waals surface area (Å²) in [5.74, 6) is -0.974. The number of ether oxygens (including phenoxy) is 1. The molecule has 1 saturated carbocycles. The molecule has 202 valence electrons. The van der Waals surface area contributed by atoms with Crippen LogP contribution in [-0.2, 0) is 6.54 Å². The molecule has 1 aliphatic carbocycles. The van der Waals surface area contributed by atoms with Crippen LogP contribution in [0.2, 0.25) is 5.02 Å². The molecular weight excluding hydrogens is 538 g/mol. The Bertz CT molecular complexity index is 1530. The van der Waals surface area contributed by atoms with Crippen molar-refractivity contribution in [2.45, 2.75) is 44.3 Å². The maximum atomic E-state index is 14.6. The van der Waals surface area contributed by atoms with Gasteiger partial charge < -0.3 is 15.4 Å². The number of nitrogens with zero attached hydrogens (tertiary/aromatic N) is 1. The smallest absolute Gasteiger partial charge is 0.266 e. The van der Waals surface area contributed by atoms with Gasteiger partial charge in [0.05, 0.1) is 22.2 Å². The molecule has 5 rings (SSSR count). The summed E-state index contributed by atoms with van der Waals surface area (Å²) >= 11 is 7.42. The summed E-state index contributed by atoms with van der Waals surface area (Å²) in [5, 5.41) is -0.115. The number of nitrogens with two attached hydrogens (primary N) is 1. The second kappa shape index (κ2) is 11.5. The molecule has 8 heteroatoms. The maximum Gasteiger partial charge on any atom is 0.266 e. The van der Waals surface area contributed by atoms with E-state index in [1.54, 1.807) is 18.1 Å². The lowest BCUT2D eigenvalue weighted by molar-refractivity contribution is 0.0610. The summed E-state index contributed by atoms with van der Waals surface area (Å²) in [5.41, 5.74) is 10.00. The van der Waals surface area contributed by atoms with Gasteiger partial charge in [0.1, 0.15) is 22.3 Å². The van der Waals surface area contributed by atoms with E-state index in [0.717, 1.165) is 71.4 Å². The predicted molar refractivity (Wildman–Crippen MR) is 155 cm³/mol. The van der Waals surface area contributed by atoms with Gasteiger partial charge in [-0.2, -0.15) is 0 Å². The zero-order valence-corrected chi connectivity index (χ0v) is 23.1. The number of hydrogen-bond acceptors (Lipinski definition) is 4. The largest absolute Gasteiger partial charge is 0.496 e. The molecule has 4 aromatic rings. The minimum atomic E-state index is -0.654. The van der Waals surface area contributed by atoms with Gasteiger partial charge in [0.15, 0.2) is 0 Å². The first-order valence-corrected chi connectivity index (χ1v) is 14.0. The molecule has 0 bridgehead atoms. The van der Waals surface area contributed by atoms with E-state index in [0.29, 0.717) is 5.75 Å². The lowest BCUT2D eigenvalue weighted by atomic mass is 9.90. The van der Waals surface area contributed by atoms with E-state index in [1.807, 2.05) is 42.5 Å². The van der Waals surface area contributed by atoms with Crippen molar-refractivity contribution in [1.29, 1.82) is 0 Å². The number of carbonyl (C=O) groups excluding carboxylic acids is 1. The van der Waals surface area contributed by atoms with Crippen LogP contribution in [0, 0.1) is 11.6 Å². The van der Waals surface area contributed by atoms with Crippen molar-refractivity contribution < 1.29 is 18.3 Å². The normalized spacial score (nSPS) is 17.3. The standard InChI is InChI=1S/C31H29ClF2N2O2S/c1-3-18-4-6-19(7-5-18)20-8-15-26(38-2)21(16-20)17-36(23-11-9-22(35)10-12-23)31(37)30-28(32)27-24(33)13-14-25(34)29(27)39-30/h3-8,13-16,22-23H,1,9-12,17,35H2,2H3. The molecule has 1 fully saturated rings. The Balaban J connectivity index is 1.56. The van der Waals surface area contributed by atoms with E-state index in [1.165, 1.54) is 0 Å². The number of hydrogen-bond donors (Lipinski definition) is 1. The van der Waals surface area contributed by atoms with Crippen molar-refractivity contribution in [3.63, 3.8) is 0 Å². The SMILES string of the molecule is C=Cc1ccc(-c2ccc(OC)c(CN(C(=O)c3sc4c(F)ccc(F)c4c3Cl)C3CCC(N)CC3)c2)cc1. The van der Waals surface area contributed by atoms with Crippen LogP contribution in [0.25, 0.3) is 27.3 Å². The molecule has 4 nitrogen and oxygen atoms in total. The highest BCUT2D eigenvalue weighted by Gasteiger charge is 2.32. The molecule has 1 heterocycles. The Kier molecular flexibility index (Phi) is 8.03. The number of benzene rings is 3. The number of halogens is 3.